The van der Waals surface area contributed by atoms with E-state index in [0.717, 1.165) is 19.3 Å². The number of carbonyl (C=O) groups is 2. The fraction of sp³-hybridized carbons (Fsp3) is 0.500. The first-order chi connectivity index (χ1) is 17.1. The Kier molecular flexibility index (Phi) is 11.1. The standard InChI is InChI=1S/C28H37NO6/c1-3-4-5-14-27(30)34-20-19-33-18-17-32-16-15-29(2)28(31)35-21-26-24-12-8-6-10-22(24)23-11-7-9-13-25(23)26/h6-13,26H,3-5,14-21H2,1-2H3. The van der Waals surface area contributed by atoms with Crippen LogP contribution in [0.15, 0.2) is 48.5 Å². The minimum Gasteiger partial charge on any atom is -0.463 e. The number of benzene rings is 2. The van der Waals surface area contributed by atoms with Crippen LogP contribution < -0.4 is 0 Å². The summed E-state index contributed by atoms with van der Waals surface area (Å²) in [4.78, 5) is 25.5. The summed E-state index contributed by atoms with van der Waals surface area (Å²) in [7, 11) is 1.70. The number of nitrogens with zero attached hydrogens (tertiary/aromatic N) is 1. The molecule has 2 aromatic rings. The first kappa shape index (κ1) is 26.7. The second-order valence-corrected chi connectivity index (χ2v) is 8.63. The number of likely N-dealkylation sites (N-methyl/N-ethyl adjacent to an activating group) is 1. The molecular weight excluding hydrogens is 446 g/mol. The maximum Gasteiger partial charge on any atom is 0.409 e. The first-order valence-corrected chi connectivity index (χ1v) is 12.5. The highest BCUT2D eigenvalue weighted by Crippen LogP contribution is 2.44. The van der Waals surface area contributed by atoms with Crippen molar-refractivity contribution in [1.29, 1.82) is 0 Å². The molecule has 0 saturated carbocycles. The minimum atomic E-state index is -0.368. The summed E-state index contributed by atoms with van der Waals surface area (Å²) < 4.78 is 21.7. The lowest BCUT2D eigenvalue weighted by Gasteiger charge is -2.19. The topological polar surface area (TPSA) is 74.3 Å². The molecule has 0 heterocycles. The molecule has 0 unspecified atom stereocenters. The maximum absolute atomic E-state index is 12.5. The van der Waals surface area contributed by atoms with Gasteiger partial charge in [-0.25, -0.2) is 4.79 Å². The summed E-state index contributed by atoms with van der Waals surface area (Å²) >= 11 is 0. The molecule has 0 bridgehead atoms. The predicted molar refractivity (Wildman–Crippen MR) is 134 cm³/mol. The molecule has 7 heteroatoms. The van der Waals surface area contributed by atoms with Gasteiger partial charge in [-0.2, -0.15) is 0 Å². The van der Waals surface area contributed by atoms with Gasteiger partial charge in [0, 0.05) is 25.9 Å². The third kappa shape index (κ3) is 8.08. The summed E-state index contributed by atoms with van der Waals surface area (Å²) in [5.74, 6) is -0.127. The van der Waals surface area contributed by atoms with Crippen LogP contribution in [-0.4, -0.2) is 70.2 Å². The quantitative estimate of drug-likeness (QED) is 0.261. The number of esters is 1. The average Bonchev–Trinajstić information content (AvgIpc) is 3.20. The van der Waals surface area contributed by atoms with Crippen molar-refractivity contribution < 1.29 is 28.5 Å². The number of unbranched alkanes of at least 4 members (excludes halogenated alkanes) is 2. The van der Waals surface area contributed by atoms with Gasteiger partial charge in [0.15, 0.2) is 0 Å². The number of carbonyl (C=O) groups excluding carboxylic acids is 2. The number of amides is 1. The number of fused-ring (bicyclic) bond motifs is 3. The van der Waals surface area contributed by atoms with Gasteiger partial charge in [-0.05, 0) is 28.7 Å². The lowest BCUT2D eigenvalue weighted by Crippen LogP contribution is -2.32. The molecular formula is C28H37NO6. The summed E-state index contributed by atoms with van der Waals surface area (Å²) in [6, 6.07) is 16.5. The van der Waals surface area contributed by atoms with E-state index in [1.807, 2.05) is 24.3 Å². The van der Waals surface area contributed by atoms with Crippen molar-refractivity contribution >= 4 is 12.1 Å². The van der Waals surface area contributed by atoms with E-state index in [1.165, 1.54) is 27.2 Å². The molecule has 0 saturated heterocycles. The van der Waals surface area contributed by atoms with Crippen LogP contribution in [0.4, 0.5) is 4.79 Å². The van der Waals surface area contributed by atoms with Crippen molar-refractivity contribution in [3.05, 3.63) is 59.7 Å². The average molecular weight is 484 g/mol. The van der Waals surface area contributed by atoms with Crippen molar-refractivity contribution in [2.24, 2.45) is 0 Å². The maximum atomic E-state index is 12.5. The van der Waals surface area contributed by atoms with E-state index in [4.69, 9.17) is 18.9 Å². The molecule has 0 atom stereocenters. The Hall–Kier alpha value is -2.90. The number of hydrogen-bond donors (Lipinski definition) is 0. The monoisotopic (exact) mass is 483 g/mol. The van der Waals surface area contributed by atoms with Gasteiger partial charge in [0.2, 0.25) is 0 Å². The van der Waals surface area contributed by atoms with E-state index in [2.05, 4.69) is 31.2 Å². The van der Waals surface area contributed by atoms with Crippen LogP contribution >= 0.6 is 0 Å². The van der Waals surface area contributed by atoms with Crippen LogP contribution in [0.3, 0.4) is 0 Å². The summed E-state index contributed by atoms with van der Waals surface area (Å²) in [6.07, 6.45) is 3.09. The molecule has 0 spiro atoms. The van der Waals surface area contributed by atoms with Crippen molar-refractivity contribution in [3.63, 3.8) is 0 Å². The zero-order valence-corrected chi connectivity index (χ0v) is 20.9. The van der Waals surface area contributed by atoms with E-state index in [-0.39, 0.29) is 24.6 Å². The molecule has 35 heavy (non-hydrogen) atoms. The van der Waals surface area contributed by atoms with E-state index in [9.17, 15) is 9.59 Å². The smallest absolute Gasteiger partial charge is 0.409 e. The van der Waals surface area contributed by atoms with E-state index < -0.39 is 0 Å². The van der Waals surface area contributed by atoms with Crippen molar-refractivity contribution in [2.75, 3.05) is 53.2 Å². The SMILES string of the molecule is CCCCCC(=O)OCCOCCOCCN(C)C(=O)OCC1c2ccccc2-c2ccccc21. The summed E-state index contributed by atoms with van der Waals surface area (Å²) in [5, 5.41) is 0. The molecule has 2 aromatic carbocycles. The van der Waals surface area contributed by atoms with Crippen LogP contribution in [0.1, 0.15) is 49.7 Å². The Morgan fingerprint density at radius 3 is 2.06 bits per heavy atom. The van der Waals surface area contributed by atoms with Gasteiger partial charge in [0.25, 0.3) is 0 Å². The third-order valence-corrected chi connectivity index (χ3v) is 6.07. The molecule has 190 valence electrons. The minimum absolute atomic E-state index is 0.0452. The summed E-state index contributed by atoms with van der Waals surface area (Å²) in [6.45, 7) is 4.63. The second kappa shape index (κ2) is 14.5. The van der Waals surface area contributed by atoms with Crippen molar-refractivity contribution in [3.8, 4) is 11.1 Å². The van der Waals surface area contributed by atoms with Gasteiger partial charge >= 0.3 is 12.1 Å². The molecule has 0 fully saturated rings. The van der Waals surface area contributed by atoms with Crippen molar-refractivity contribution in [1.82, 2.24) is 4.90 Å². The van der Waals surface area contributed by atoms with Gasteiger partial charge in [0.1, 0.15) is 13.2 Å². The van der Waals surface area contributed by atoms with E-state index >= 15 is 0 Å². The zero-order valence-electron chi connectivity index (χ0n) is 20.9. The van der Waals surface area contributed by atoms with E-state index in [1.54, 1.807) is 7.05 Å². The molecule has 7 nitrogen and oxygen atoms in total. The predicted octanol–water partition coefficient (Wildman–Crippen LogP) is 5.02. The molecule has 1 aliphatic carbocycles. The Morgan fingerprint density at radius 1 is 0.800 bits per heavy atom. The normalized spacial score (nSPS) is 12.2. The highest BCUT2D eigenvalue weighted by atomic mass is 16.6. The van der Waals surface area contributed by atoms with Crippen LogP contribution in [0.25, 0.3) is 11.1 Å². The molecule has 0 aromatic heterocycles. The largest absolute Gasteiger partial charge is 0.463 e. The Morgan fingerprint density at radius 2 is 1.40 bits per heavy atom. The van der Waals surface area contributed by atoms with Crippen LogP contribution in [0.5, 0.6) is 0 Å². The second-order valence-electron chi connectivity index (χ2n) is 8.63. The van der Waals surface area contributed by atoms with E-state index in [0.29, 0.717) is 46.0 Å². The third-order valence-electron chi connectivity index (χ3n) is 6.07. The molecule has 0 N–H and O–H groups in total. The first-order valence-electron chi connectivity index (χ1n) is 12.5. The molecule has 0 aliphatic heterocycles. The zero-order chi connectivity index (χ0) is 24.9. The molecule has 1 aliphatic rings. The van der Waals surface area contributed by atoms with Crippen molar-refractivity contribution in [2.45, 2.75) is 38.5 Å². The Bertz CT molecular complexity index is 901. The van der Waals surface area contributed by atoms with Crippen LogP contribution in [-0.2, 0) is 23.7 Å². The van der Waals surface area contributed by atoms with Crippen LogP contribution in [0.2, 0.25) is 0 Å². The Balaban J connectivity index is 1.26. The van der Waals surface area contributed by atoms with Gasteiger partial charge in [-0.15, -0.1) is 0 Å². The molecule has 3 rings (SSSR count). The number of rotatable bonds is 15. The van der Waals surface area contributed by atoms with Gasteiger partial charge in [0.05, 0.1) is 26.4 Å². The van der Waals surface area contributed by atoms with Gasteiger partial charge in [-0.3, -0.25) is 4.79 Å². The van der Waals surface area contributed by atoms with Gasteiger partial charge in [-0.1, -0.05) is 68.3 Å². The summed E-state index contributed by atoms with van der Waals surface area (Å²) in [5.41, 5.74) is 4.80. The molecule has 1 amide bonds. The fourth-order valence-electron chi connectivity index (χ4n) is 4.12. The lowest BCUT2D eigenvalue weighted by molar-refractivity contribution is -0.145. The van der Waals surface area contributed by atoms with Crippen LogP contribution in [0, 0.1) is 0 Å². The highest BCUT2D eigenvalue weighted by Gasteiger charge is 2.29. The molecule has 0 radical (unpaired) electrons. The Labute approximate surface area is 208 Å². The number of ether oxygens (including phenoxy) is 4. The fourth-order valence-corrected chi connectivity index (χ4v) is 4.12. The van der Waals surface area contributed by atoms with Gasteiger partial charge < -0.3 is 23.8 Å². The highest BCUT2D eigenvalue weighted by molar-refractivity contribution is 5.79. The number of hydrogen-bond acceptors (Lipinski definition) is 6. The lowest BCUT2D eigenvalue weighted by atomic mass is 9.98.